The third kappa shape index (κ3) is 2.14. The van der Waals surface area contributed by atoms with Crippen LogP contribution in [0.25, 0.3) is 0 Å². The normalized spacial score (nSPS) is 12.1. The van der Waals surface area contributed by atoms with Crippen molar-refractivity contribution in [3.63, 3.8) is 0 Å². The lowest BCUT2D eigenvalue weighted by Gasteiger charge is -2.02. The average Bonchev–Trinajstić information content (AvgIpc) is 2.90. The number of aryl methyl sites for hydroxylation is 2. The van der Waals surface area contributed by atoms with E-state index in [-0.39, 0.29) is 11.7 Å². The molecule has 2 aromatic heterocycles. The number of hydrogen-bond donors (Lipinski definition) is 2. The zero-order valence-corrected chi connectivity index (χ0v) is 10.6. The molecule has 0 amide bonds. The van der Waals surface area contributed by atoms with Gasteiger partial charge in [0, 0.05) is 7.05 Å². The number of nitrogens with two attached hydrogens (primary N) is 1. The van der Waals surface area contributed by atoms with E-state index in [4.69, 9.17) is 22.5 Å². The van der Waals surface area contributed by atoms with E-state index >= 15 is 0 Å². The molecule has 0 saturated heterocycles. The van der Waals surface area contributed by atoms with Crippen molar-refractivity contribution in [3.05, 3.63) is 28.6 Å². The van der Waals surface area contributed by atoms with Crippen LogP contribution in [0.15, 0.2) is 11.5 Å². The standard InChI is InChI=1S/C9H12ClN7O/c1-5-7(10)6(16(2)13-5)3-17-4-12-9(14-17)8(11)15-18/h4,18H,3H2,1-2H3,(H2,11,15). The number of rotatable bonds is 3. The average molecular weight is 270 g/mol. The number of amidine groups is 1. The van der Waals surface area contributed by atoms with Crippen LogP contribution >= 0.6 is 11.6 Å². The Morgan fingerprint density at radius 3 is 2.83 bits per heavy atom. The van der Waals surface area contributed by atoms with E-state index in [0.29, 0.717) is 11.6 Å². The van der Waals surface area contributed by atoms with Gasteiger partial charge in [-0.2, -0.15) is 5.10 Å². The largest absolute Gasteiger partial charge is 0.409 e. The summed E-state index contributed by atoms with van der Waals surface area (Å²) in [5.41, 5.74) is 6.95. The highest BCUT2D eigenvalue weighted by Gasteiger charge is 2.13. The summed E-state index contributed by atoms with van der Waals surface area (Å²) >= 11 is 6.13. The third-order valence-corrected chi connectivity index (χ3v) is 2.94. The van der Waals surface area contributed by atoms with Gasteiger partial charge in [-0.25, -0.2) is 9.67 Å². The number of hydrogen-bond acceptors (Lipinski definition) is 5. The van der Waals surface area contributed by atoms with Crippen LogP contribution in [0.2, 0.25) is 5.02 Å². The molecule has 2 heterocycles. The summed E-state index contributed by atoms with van der Waals surface area (Å²) in [7, 11) is 1.80. The third-order valence-electron chi connectivity index (χ3n) is 2.45. The molecule has 0 aromatic carbocycles. The minimum atomic E-state index is -0.138. The Balaban J connectivity index is 2.27. The molecule has 0 bridgehead atoms. The van der Waals surface area contributed by atoms with E-state index in [1.54, 1.807) is 11.7 Å². The van der Waals surface area contributed by atoms with Crippen molar-refractivity contribution in [1.29, 1.82) is 0 Å². The lowest BCUT2D eigenvalue weighted by Crippen LogP contribution is -2.16. The summed E-state index contributed by atoms with van der Waals surface area (Å²) in [5.74, 6) is 0.0218. The molecule has 0 saturated carbocycles. The Labute approximate surface area is 108 Å². The summed E-state index contributed by atoms with van der Waals surface area (Å²) in [5, 5.41) is 20.2. The molecule has 0 radical (unpaired) electrons. The smallest absolute Gasteiger partial charge is 0.219 e. The van der Waals surface area contributed by atoms with Gasteiger partial charge >= 0.3 is 0 Å². The van der Waals surface area contributed by atoms with Gasteiger partial charge in [-0.1, -0.05) is 16.8 Å². The topological polar surface area (TPSA) is 107 Å². The zero-order chi connectivity index (χ0) is 13.3. The molecule has 18 heavy (non-hydrogen) atoms. The van der Waals surface area contributed by atoms with Gasteiger partial charge in [-0.15, -0.1) is 5.10 Å². The van der Waals surface area contributed by atoms with Gasteiger partial charge in [-0.3, -0.25) is 4.68 Å². The van der Waals surface area contributed by atoms with Gasteiger partial charge in [0.25, 0.3) is 0 Å². The van der Waals surface area contributed by atoms with Crippen LogP contribution in [0.5, 0.6) is 0 Å². The highest BCUT2D eigenvalue weighted by atomic mass is 35.5. The predicted octanol–water partition coefficient (Wildman–Crippen LogP) is 0.116. The van der Waals surface area contributed by atoms with E-state index in [9.17, 15) is 0 Å². The Bertz CT molecular complexity index is 600. The Hall–Kier alpha value is -2.09. The van der Waals surface area contributed by atoms with Crippen LogP contribution in [-0.4, -0.2) is 35.6 Å². The molecule has 0 unspecified atom stereocenters. The first kappa shape index (κ1) is 12.4. The summed E-state index contributed by atoms with van der Waals surface area (Å²) in [6, 6.07) is 0. The number of aromatic nitrogens is 5. The second-order valence-electron chi connectivity index (χ2n) is 3.72. The summed E-state index contributed by atoms with van der Waals surface area (Å²) < 4.78 is 3.22. The molecule has 2 rings (SSSR count). The van der Waals surface area contributed by atoms with Gasteiger partial charge in [0.1, 0.15) is 6.33 Å². The molecule has 2 aromatic rings. The monoisotopic (exact) mass is 269 g/mol. The first-order chi connectivity index (χ1) is 8.52. The lowest BCUT2D eigenvalue weighted by molar-refractivity contribution is 0.318. The minimum Gasteiger partial charge on any atom is -0.409 e. The first-order valence-corrected chi connectivity index (χ1v) is 5.46. The van der Waals surface area contributed by atoms with Crippen LogP contribution < -0.4 is 5.73 Å². The molecule has 0 atom stereocenters. The molecular weight excluding hydrogens is 258 g/mol. The molecule has 3 N–H and O–H groups in total. The van der Waals surface area contributed by atoms with Crippen LogP contribution in [-0.2, 0) is 13.6 Å². The molecule has 8 nitrogen and oxygen atoms in total. The van der Waals surface area contributed by atoms with E-state index in [1.165, 1.54) is 11.0 Å². The van der Waals surface area contributed by atoms with Gasteiger partial charge in [0.05, 0.1) is 23.0 Å². The predicted molar refractivity (Wildman–Crippen MR) is 64.6 cm³/mol. The number of oxime groups is 1. The van der Waals surface area contributed by atoms with Crippen LogP contribution in [0.1, 0.15) is 17.2 Å². The van der Waals surface area contributed by atoms with Crippen LogP contribution in [0.4, 0.5) is 0 Å². The Morgan fingerprint density at radius 1 is 1.56 bits per heavy atom. The minimum absolute atomic E-state index is 0.138. The Morgan fingerprint density at radius 2 is 2.28 bits per heavy atom. The van der Waals surface area contributed by atoms with Crippen LogP contribution in [0, 0.1) is 6.92 Å². The van der Waals surface area contributed by atoms with Gasteiger partial charge in [-0.05, 0) is 6.92 Å². The molecule has 0 aliphatic carbocycles. The van der Waals surface area contributed by atoms with Crippen molar-refractivity contribution in [1.82, 2.24) is 24.5 Å². The molecule has 9 heteroatoms. The van der Waals surface area contributed by atoms with Crippen molar-refractivity contribution in [3.8, 4) is 0 Å². The maximum absolute atomic E-state index is 8.52. The summed E-state index contributed by atoms with van der Waals surface area (Å²) in [4.78, 5) is 3.91. The van der Waals surface area contributed by atoms with Gasteiger partial charge in [0.2, 0.25) is 11.7 Å². The molecule has 0 fully saturated rings. The second-order valence-corrected chi connectivity index (χ2v) is 4.10. The maximum atomic E-state index is 8.52. The fraction of sp³-hybridized carbons (Fsp3) is 0.333. The molecule has 0 aliphatic rings. The second kappa shape index (κ2) is 4.65. The first-order valence-electron chi connectivity index (χ1n) is 5.08. The SMILES string of the molecule is Cc1nn(C)c(Cn2cnc(C(N)=NO)n2)c1Cl. The zero-order valence-electron chi connectivity index (χ0n) is 9.87. The molecule has 0 spiro atoms. The van der Waals surface area contributed by atoms with E-state index in [0.717, 1.165) is 11.4 Å². The highest BCUT2D eigenvalue weighted by Crippen LogP contribution is 2.19. The highest BCUT2D eigenvalue weighted by molar-refractivity contribution is 6.31. The summed E-state index contributed by atoms with van der Waals surface area (Å²) in [6.07, 6.45) is 1.48. The van der Waals surface area contributed by atoms with Crippen molar-refractivity contribution < 1.29 is 5.21 Å². The number of nitrogens with zero attached hydrogens (tertiary/aromatic N) is 6. The van der Waals surface area contributed by atoms with Crippen molar-refractivity contribution >= 4 is 17.4 Å². The quantitative estimate of drug-likeness (QED) is 0.356. The van der Waals surface area contributed by atoms with E-state index in [2.05, 4.69) is 20.3 Å². The molecule has 96 valence electrons. The Kier molecular flexibility index (Phi) is 3.19. The van der Waals surface area contributed by atoms with Gasteiger partial charge < -0.3 is 10.9 Å². The van der Waals surface area contributed by atoms with Crippen molar-refractivity contribution in [2.45, 2.75) is 13.5 Å². The lowest BCUT2D eigenvalue weighted by atomic mass is 10.3. The van der Waals surface area contributed by atoms with Crippen molar-refractivity contribution in [2.75, 3.05) is 0 Å². The molecular formula is C9H12ClN7O. The van der Waals surface area contributed by atoms with E-state index < -0.39 is 0 Å². The van der Waals surface area contributed by atoms with Crippen LogP contribution in [0.3, 0.4) is 0 Å². The fourth-order valence-electron chi connectivity index (χ4n) is 1.54. The maximum Gasteiger partial charge on any atom is 0.219 e. The molecule has 0 aliphatic heterocycles. The van der Waals surface area contributed by atoms with E-state index in [1.807, 2.05) is 6.92 Å². The summed E-state index contributed by atoms with van der Waals surface area (Å²) in [6.45, 7) is 2.23. The fourth-order valence-corrected chi connectivity index (χ4v) is 1.76. The van der Waals surface area contributed by atoms with Gasteiger partial charge in [0.15, 0.2) is 0 Å². The number of halogens is 1. The van der Waals surface area contributed by atoms with Crippen molar-refractivity contribution in [2.24, 2.45) is 17.9 Å².